The molecule has 19 heavy (non-hydrogen) atoms. The number of hydrogen-bond acceptors (Lipinski definition) is 3. The van der Waals surface area contributed by atoms with E-state index in [4.69, 9.17) is 22.7 Å². The third kappa shape index (κ3) is 4.87. The maximum Gasteiger partial charge on any atom is 0.260 e. The molecular weight excluding hydrogens is 260 g/mol. The predicted octanol–water partition coefficient (Wildman–Crippen LogP) is 1.82. The Morgan fingerprint density at radius 3 is 2.74 bits per heavy atom. The van der Waals surface area contributed by atoms with Crippen molar-refractivity contribution < 1.29 is 9.53 Å². The monoisotopic (exact) mass is 280 g/mol. The zero-order valence-corrected chi connectivity index (χ0v) is 12.4. The maximum absolute atomic E-state index is 11.8. The molecule has 4 nitrogen and oxygen atoms in total. The van der Waals surface area contributed by atoms with E-state index in [1.807, 2.05) is 32.0 Å². The van der Waals surface area contributed by atoms with Gasteiger partial charge in [0.05, 0.1) is 4.99 Å². The summed E-state index contributed by atoms with van der Waals surface area (Å²) in [6, 6.07) is 5.79. The van der Waals surface area contributed by atoms with Crippen LogP contribution in [-0.2, 0) is 4.79 Å². The Balaban J connectivity index is 2.49. The molecule has 0 fully saturated rings. The first-order chi connectivity index (χ1) is 8.91. The van der Waals surface area contributed by atoms with Gasteiger partial charge in [-0.25, -0.2) is 0 Å². The first-order valence-electron chi connectivity index (χ1n) is 6.13. The van der Waals surface area contributed by atoms with E-state index in [1.165, 1.54) is 0 Å². The number of benzene rings is 1. The molecule has 0 saturated carbocycles. The van der Waals surface area contributed by atoms with Gasteiger partial charge in [-0.2, -0.15) is 0 Å². The minimum absolute atomic E-state index is 0.0259. The molecule has 1 aromatic carbocycles. The summed E-state index contributed by atoms with van der Waals surface area (Å²) in [5, 5.41) is 0. The van der Waals surface area contributed by atoms with E-state index in [9.17, 15) is 4.79 Å². The summed E-state index contributed by atoms with van der Waals surface area (Å²) in [6.45, 7) is 4.53. The van der Waals surface area contributed by atoms with Gasteiger partial charge in [-0.3, -0.25) is 4.79 Å². The Morgan fingerprint density at radius 1 is 1.42 bits per heavy atom. The van der Waals surface area contributed by atoms with Crippen LogP contribution < -0.4 is 10.5 Å². The van der Waals surface area contributed by atoms with Crippen LogP contribution >= 0.6 is 12.2 Å². The van der Waals surface area contributed by atoms with Crippen molar-refractivity contribution >= 4 is 23.1 Å². The maximum atomic E-state index is 11.8. The molecule has 1 rings (SSSR count). The summed E-state index contributed by atoms with van der Waals surface area (Å²) >= 11 is 4.78. The van der Waals surface area contributed by atoms with Crippen LogP contribution in [0.1, 0.15) is 17.5 Å². The molecule has 0 aliphatic carbocycles. The Labute approximate surface area is 119 Å². The second kappa shape index (κ2) is 7.09. The molecule has 0 aromatic heterocycles. The molecule has 0 atom stereocenters. The largest absolute Gasteiger partial charge is 0.483 e. The first kappa shape index (κ1) is 15.4. The number of aryl methyl sites for hydroxylation is 1. The number of ether oxygens (including phenoxy) is 1. The lowest BCUT2D eigenvalue weighted by molar-refractivity contribution is -0.131. The smallest absolute Gasteiger partial charge is 0.260 e. The lowest BCUT2D eigenvalue weighted by Gasteiger charge is -2.17. The Kier molecular flexibility index (Phi) is 5.76. The second-order valence-corrected chi connectivity index (χ2v) is 5.04. The van der Waals surface area contributed by atoms with Gasteiger partial charge < -0.3 is 15.4 Å². The number of nitrogens with two attached hydrogens (primary N) is 1. The molecule has 0 spiro atoms. The van der Waals surface area contributed by atoms with Crippen LogP contribution in [0.4, 0.5) is 0 Å². The number of carbonyl (C=O) groups is 1. The fourth-order valence-electron chi connectivity index (χ4n) is 1.53. The van der Waals surface area contributed by atoms with Crippen LogP contribution in [0.25, 0.3) is 0 Å². The molecule has 0 radical (unpaired) electrons. The van der Waals surface area contributed by atoms with Gasteiger partial charge in [0.25, 0.3) is 5.91 Å². The highest BCUT2D eigenvalue weighted by molar-refractivity contribution is 7.80. The number of thiocarbonyl (C=S) groups is 1. The lowest BCUT2D eigenvalue weighted by atomic mass is 10.1. The molecule has 0 aliphatic heterocycles. The van der Waals surface area contributed by atoms with Crippen molar-refractivity contribution in [2.45, 2.75) is 20.3 Å². The standard InChI is InChI=1S/C14H20N2O2S/c1-10-5-4-6-12(11(10)2)18-9-14(17)16(3)8-7-13(15)19/h4-6H,7-9H2,1-3H3,(H2,15,19). The van der Waals surface area contributed by atoms with E-state index in [2.05, 4.69) is 0 Å². The quantitative estimate of drug-likeness (QED) is 0.808. The molecule has 0 heterocycles. The third-order valence-corrected chi connectivity index (χ3v) is 3.23. The number of hydrogen-bond donors (Lipinski definition) is 1. The molecule has 5 heteroatoms. The molecule has 2 N–H and O–H groups in total. The average molecular weight is 280 g/mol. The van der Waals surface area contributed by atoms with Crippen molar-refractivity contribution in [3.05, 3.63) is 29.3 Å². The van der Waals surface area contributed by atoms with Crippen LogP contribution in [0, 0.1) is 13.8 Å². The van der Waals surface area contributed by atoms with E-state index in [-0.39, 0.29) is 12.5 Å². The molecule has 1 amide bonds. The zero-order chi connectivity index (χ0) is 14.4. The van der Waals surface area contributed by atoms with Crippen LogP contribution in [0.5, 0.6) is 5.75 Å². The minimum atomic E-state index is -0.0860. The Morgan fingerprint density at radius 2 is 2.11 bits per heavy atom. The number of carbonyl (C=O) groups excluding carboxylic acids is 1. The highest BCUT2D eigenvalue weighted by atomic mass is 32.1. The molecule has 1 aromatic rings. The summed E-state index contributed by atoms with van der Waals surface area (Å²) in [4.78, 5) is 13.8. The van der Waals surface area contributed by atoms with E-state index in [0.717, 1.165) is 16.9 Å². The normalized spacial score (nSPS) is 10.1. The van der Waals surface area contributed by atoms with Gasteiger partial charge in [-0.15, -0.1) is 0 Å². The molecule has 104 valence electrons. The van der Waals surface area contributed by atoms with Gasteiger partial charge in [0.15, 0.2) is 6.61 Å². The Hall–Kier alpha value is -1.62. The molecule has 0 aliphatic rings. The topological polar surface area (TPSA) is 55.6 Å². The van der Waals surface area contributed by atoms with Crippen LogP contribution in [0.15, 0.2) is 18.2 Å². The minimum Gasteiger partial charge on any atom is -0.483 e. The average Bonchev–Trinajstić information content (AvgIpc) is 2.37. The Bertz CT molecular complexity index is 475. The summed E-state index contributed by atoms with van der Waals surface area (Å²) in [5.74, 6) is 0.660. The van der Waals surface area contributed by atoms with Crippen molar-refractivity contribution in [1.82, 2.24) is 4.90 Å². The van der Waals surface area contributed by atoms with Crippen molar-refractivity contribution in [2.24, 2.45) is 5.73 Å². The molecule has 0 unspecified atom stereocenters. The number of amides is 1. The van der Waals surface area contributed by atoms with Gasteiger partial charge in [0.1, 0.15) is 5.75 Å². The second-order valence-electron chi connectivity index (χ2n) is 4.52. The van der Waals surface area contributed by atoms with Crippen molar-refractivity contribution in [1.29, 1.82) is 0 Å². The van der Waals surface area contributed by atoms with Crippen molar-refractivity contribution in [2.75, 3.05) is 20.2 Å². The van der Waals surface area contributed by atoms with Crippen LogP contribution in [0.3, 0.4) is 0 Å². The summed E-state index contributed by atoms with van der Waals surface area (Å²) in [5.41, 5.74) is 7.61. The fourth-order valence-corrected chi connectivity index (χ4v) is 1.62. The summed E-state index contributed by atoms with van der Waals surface area (Å²) < 4.78 is 5.55. The van der Waals surface area contributed by atoms with Gasteiger partial charge in [-0.1, -0.05) is 24.4 Å². The van der Waals surface area contributed by atoms with Gasteiger partial charge in [0, 0.05) is 20.0 Å². The molecular formula is C14H20N2O2S. The van der Waals surface area contributed by atoms with E-state index in [1.54, 1.807) is 11.9 Å². The lowest BCUT2D eigenvalue weighted by Crippen LogP contribution is -2.33. The van der Waals surface area contributed by atoms with E-state index < -0.39 is 0 Å². The van der Waals surface area contributed by atoms with Crippen LogP contribution in [-0.4, -0.2) is 36.0 Å². The first-order valence-corrected chi connectivity index (χ1v) is 6.54. The molecule has 0 bridgehead atoms. The molecule has 0 saturated heterocycles. The summed E-state index contributed by atoms with van der Waals surface area (Å²) in [7, 11) is 1.72. The fraction of sp³-hybridized carbons (Fsp3) is 0.429. The van der Waals surface area contributed by atoms with Crippen molar-refractivity contribution in [3.8, 4) is 5.75 Å². The van der Waals surface area contributed by atoms with Crippen LogP contribution in [0.2, 0.25) is 0 Å². The number of rotatable bonds is 6. The van der Waals surface area contributed by atoms with E-state index >= 15 is 0 Å². The van der Waals surface area contributed by atoms with Gasteiger partial charge in [0.2, 0.25) is 0 Å². The number of likely N-dealkylation sites (N-methyl/N-ethyl adjacent to an activating group) is 1. The number of nitrogens with zero attached hydrogens (tertiary/aromatic N) is 1. The zero-order valence-electron chi connectivity index (χ0n) is 11.6. The SMILES string of the molecule is Cc1cccc(OCC(=O)N(C)CCC(N)=S)c1C. The van der Waals surface area contributed by atoms with Crippen molar-refractivity contribution in [3.63, 3.8) is 0 Å². The van der Waals surface area contributed by atoms with Gasteiger partial charge >= 0.3 is 0 Å². The third-order valence-electron chi connectivity index (χ3n) is 3.03. The summed E-state index contributed by atoms with van der Waals surface area (Å²) in [6.07, 6.45) is 0.529. The van der Waals surface area contributed by atoms with E-state index in [0.29, 0.717) is 18.0 Å². The predicted molar refractivity (Wildman–Crippen MR) is 80.5 cm³/mol. The highest BCUT2D eigenvalue weighted by Crippen LogP contribution is 2.20. The highest BCUT2D eigenvalue weighted by Gasteiger charge is 2.10. The van der Waals surface area contributed by atoms with Gasteiger partial charge in [-0.05, 0) is 31.0 Å².